The van der Waals surface area contributed by atoms with Crippen molar-refractivity contribution < 1.29 is 0 Å². The number of nitrogens with two attached hydrogens (primary N) is 1. The van der Waals surface area contributed by atoms with Gasteiger partial charge in [0, 0.05) is 37.4 Å². The van der Waals surface area contributed by atoms with E-state index in [4.69, 9.17) is 5.73 Å². The Morgan fingerprint density at radius 3 is 2.94 bits per heavy atom. The zero-order valence-electron chi connectivity index (χ0n) is 10.5. The first kappa shape index (κ1) is 11.2. The van der Waals surface area contributed by atoms with E-state index in [2.05, 4.69) is 23.1 Å². The van der Waals surface area contributed by atoms with Crippen molar-refractivity contribution in [2.75, 3.05) is 13.1 Å². The van der Waals surface area contributed by atoms with Crippen molar-refractivity contribution in [3.63, 3.8) is 0 Å². The number of likely N-dealkylation sites (tertiary alicyclic amines) is 1. The maximum Gasteiger partial charge on any atom is 0.0538 e. The summed E-state index contributed by atoms with van der Waals surface area (Å²) in [6, 6.07) is 1.16. The molecule has 3 atom stereocenters. The van der Waals surface area contributed by atoms with E-state index in [1.54, 1.807) is 0 Å². The van der Waals surface area contributed by atoms with Gasteiger partial charge >= 0.3 is 0 Å². The van der Waals surface area contributed by atoms with Crippen LogP contribution in [0.25, 0.3) is 0 Å². The second-order valence-corrected chi connectivity index (χ2v) is 5.41. The molecule has 4 heteroatoms. The predicted octanol–water partition coefficient (Wildman–Crippen LogP) is 1.39. The van der Waals surface area contributed by atoms with Gasteiger partial charge in [0.05, 0.1) is 12.2 Å². The first-order chi connectivity index (χ1) is 8.31. The van der Waals surface area contributed by atoms with E-state index in [1.165, 1.54) is 31.4 Å². The monoisotopic (exact) mass is 234 g/mol. The number of piperidine rings is 1. The average Bonchev–Trinajstić information content (AvgIpc) is 3.05. The third-order valence-corrected chi connectivity index (χ3v) is 4.44. The molecule has 2 N–H and O–H groups in total. The smallest absolute Gasteiger partial charge is 0.0538 e. The molecule has 1 saturated carbocycles. The van der Waals surface area contributed by atoms with Gasteiger partial charge in [-0.3, -0.25) is 9.58 Å². The van der Waals surface area contributed by atoms with Crippen LogP contribution >= 0.6 is 0 Å². The van der Waals surface area contributed by atoms with Crippen LogP contribution in [-0.2, 0) is 6.54 Å². The van der Waals surface area contributed by atoms with Gasteiger partial charge in [0.25, 0.3) is 0 Å². The lowest BCUT2D eigenvalue weighted by Crippen LogP contribution is -2.39. The molecular weight excluding hydrogens is 212 g/mol. The van der Waals surface area contributed by atoms with Gasteiger partial charge in [-0.2, -0.15) is 5.10 Å². The fraction of sp³-hybridized carbons (Fsp3) is 0.769. The summed E-state index contributed by atoms with van der Waals surface area (Å²) in [6.07, 6.45) is 8.32. The summed E-state index contributed by atoms with van der Waals surface area (Å²) in [4.78, 5) is 2.62. The molecule has 3 rings (SSSR count). The topological polar surface area (TPSA) is 47.1 Å². The van der Waals surface area contributed by atoms with Crippen LogP contribution in [0.15, 0.2) is 12.4 Å². The van der Waals surface area contributed by atoms with Crippen LogP contribution in [0.5, 0.6) is 0 Å². The number of hydrogen-bond donors (Lipinski definition) is 1. The first-order valence-corrected chi connectivity index (χ1v) is 6.80. The molecule has 17 heavy (non-hydrogen) atoms. The molecule has 1 aromatic rings. The summed E-state index contributed by atoms with van der Waals surface area (Å²) < 4.78 is 1.99. The SMILES string of the molecule is CCn1cc(C(CN)N2CC3CCC2C3)cn1. The molecule has 2 fully saturated rings. The van der Waals surface area contributed by atoms with Crippen molar-refractivity contribution in [2.45, 2.75) is 44.8 Å². The van der Waals surface area contributed by atoms with Gasteiger partial charge < -0.3 is 5.73 Å². The van der Waals surface area contributed by atoms with E-state index < -0.39 is 0 Å². The van der Waals surface area contributed by atoms with Crippen LogP contribution in [-0.4, -0.2) is 33.8 Å². The second kappa shape index (κ2) is 4.42. The fourth-order valence-electron chi connectivity index (χ4n) is 3.53. The lowest BCUT2D eigenvalue weighted by atomic mass is 10.0. The Morgan fingerprint density at radius 2 is 2.41 bits per heavy atom. The fourth-order valence-corrected chi connectivity index (χ4v) is 3.53. The van der Waals surface area contributed by atoms with Crippen LogP contribution in [0.2, 0.25) is 0 Å². The zero-order valence-corrected chi connectivity index (χ0v) is 10.5. The van der Waals surface area contributed by atoms with Crippen LogP contribution in [0, 0.1) is 5.92 Å². The zero-order chi connectivity index (χ0) is 11.8. The molecule has 0 amide bonds. The molecule has 2 aliphatic rings. The molecule has 0 spiro atoms. The number of hydrogen-bond acceptors (Lipinski definition) is 3. The van der Waals surface area contributed by atoms with Crippen molar-refractivity contribution in [3.8, 4) is 0 Å². The molecule has 2 heterocycles. The standard InChI is InChI=1S/C13H22N4/c1-2-16-9-11(7-15-16)13(6-14)17-8-10-3-4-12(17)5-10/h7,9-10,12-13H,2-6,8,14H2,1H3. The third kappa shape index (κ3) is 1.89. The predicted molar refractivity (Wildman–Crippen MR) is 67.5 cm³/mol. The molecule has 1 aliphatic heterocycles. The van der Waals surface area contributed by atoms with Crippen LogP contribution in [0.1, 0.15) is 37.8 Å². The van der Waals surface area contributed by atoms with Crippen molar-refractivity contribution in [1.29, 1.82) is 0 Å². The number of aryl methyl sites for hydroxylation is 1. The molecule has 0 radical (unpaired) electrons. The maximum absolute atomic E-state index is 5.99. The Balaban J connectivity index is 1.79. The lowest BCUT2D eigenvalue weighted by Gasteiger charge is -2.33. The van der Waals surface area contributed by atoms with Crippen LogP contribution < -0.4 is 5.73 Å². The molecule has 3 unspecified atom stereocenters. The Bertz CT molecular complexity index is 387. The molecule has 0 aromatic carbocycles. The van der Waals surface area contributed by atoms with Gasteiger partial charge in [0.1, 0.15) is 0 Å². The lowest BCUT2D eigenvalue weighted by molar-refractivity contribution is 0.153. The maximum atomic E-state index is 5.99. The van der Waals surface area contributed by atoms with Gasteiger partial charge in [-0.1, -0.05) is 0 Å². The normalized spacial score (nSPS) is 30.0. The molecule has 94 valence electrons. The van der Waals surface area contributed by atoms with Crippen LogP contribution in [0.4, 0.5) is 0 Å². The van der Waals surface area contributed by atoms with E-state index in [0.29, 0.717) is 12.6 Å². The third-order valence-electron chi connectivity index (χ3n) is 4.44. The summed E-state index contributed by atoms with van der Waals surface area (Å²) in [7, 11) is 0. The minimum Gasteiger partial charge on any atom is -0.329 e. The number of aromatic nitrogens is 2. The highest BCUT2D eigenvalue weighted by molar-refractivity contribution is 5.13. The van der Waals surface area contributed by atoms with Gasteiger partial charge in [-0.25, -0.2) is 0 Å². The van der Waals surface area contributed by atoms with E-state index >= 15 is 0 Å². The molecule has 1 aliphatic carbocycles. The molecule has 2 bridgehead atoms. The Hall–Kier alpha value is -0.870. The second-order valence-electron chi connectivity index (χ2n) is 5.41. The van der Waals surface area contributed by atoms with Crippen molar-refractivity contribution in [2.24, 2.45) is 11.7 Å². The summed E-state index contributed by atoms with van der Waals surface area (Å²) in [5.41, 5.74) is 7.28. The quantitative estimate of drug-likeness (QED) is 0.856. The molecular formula is C13H22N4. The Morgan fingerprint density at radius 1 is 1.53 bits per heavy atom. The largest absolute Gasteiger partial charge is 0.329 e. The summed E-state index contributed by atoms with van der Waals surface area (Å²) in [5, 5.41) is 4.37. The van der Waals surface area contributed by atoms with E-state index in [-0.39, 0.29) is 0 Å². The van der Waals surface area contributed by atoms with Gasteiger partial charge in [0.2, 0.25) is 0 Å². The minimum absolute atomic E-state index is 0.380. The Labute approximate surface area is 103 Å². The average molecular weight is 234 g/mol. The van der Waals surface area contributed by atoms with Crippen molar-refractivity contribution >= 4 is 0 Å². The summed E-state index contributed by atoms with van der Waals surface area (Å²) in [5.74, 6) is 0.926. The van der Waals surface area contributed by atoms with E-state index in [0.717, 1.165) is 18.5 Å². The number of fused-ring (bicyclic) bond motifs is 2. The minimum atomic E-state index is 0.380. The van der Waals surface area contributed by atoms with Gasteiger partial charge in [0.15, 0.2) is 0 Å². The first-order valence-electron chi connectivity index (χ1n) is 6.80. The summed E-state index contributed by atoms with van der Waals surface area (Å²) >= 11 is 0. The highest BCUT2D eigenvalue weighted by Gasteiger charge is 2.41. The van der Waals surface area contributed by atoms with Crippen molar-refractivity contribution in [3.05, 3.63) is 18.0 Å². The van der Waals surface area contributed by atoms with E-state index in [1.807, 2.05) is 10.9 Å². The highest BCUT2D eigenvalue weighted by atomic mass is 15.3. The highest BCUT2D eigenvalue weighted by Crippen LogP contribution is 2.41. The molecule has 1 aromatic heterocycles. The van der Waals surface area contributed by atoms with E-state index in [9.17, 15) is 0 Å². The van der Waals surface area contributed by atoms with Crippen molar-refractivity contribution in [1.82, 2.24) is 14.7 Å². The molecule has 4 nitrogen and oxygen atoms in total. The Kier molecular flexibility index (Phi) is 2.92. The summed E-state index contributed by atoms with van der Waals surface area (Å²) in [6.45, 7) is 5.00. The molecule has 1 saturated heterocycles. The van der Waals surface area contributed by atoms with Gasteiger partial charge in [-0.05, 0) is 32.1 Å². The van der Waals surface area contributed by atoms with Crippen LogP contribution in [0.3, 0.4) is 0 Å². The number of rotatable bonds is 4. The van der Waals surface area contributed by atoms with Gasteiger partial charge in [-0.15, -0.1) is 0 Å². The number of nitrogens with zero attached hydrogens (tertiary/aromatic N) is 3.